The molecule has 2 rings (SSSR count). The number of carbonyl (C=O) groups is 1. The number of aliphatic carboxylic acids is 1. The highest BCUT2D eigenvalue weighted by atomic mass is 16.6. The third-order valence-electron chi connectivity index (χ3n) is 3.31. The first-order chi connectivity index (χ1) is 10.3. The minimum atomic E-state index is -2.08. The van der Waals surface area contributed by atoms with Crippen LogP contribution in [0.5, 0.6) is 0 Å². The number of H-pyrrole nitrogens is 1. The molecule has 0 saturated carbocycles. The predicted octanol–water partition coefficient (Wildman–Crippen LogP) is -3.06. The van der Waals surface area contributed by atoms with Crippen molar-refractivity contribution in [2.75, 3.05) is 6.61 Å². The predicted molar refractivity (Wildman–Crippen MR) is 70.0 cm³/mol. The second kappa shape index (κ2) is 5.85. The molecule has 22 heavy (non-hydrogen) atoms. The molecule has 1 aliphatic rings. The molecule has 1 aliphatic heterocycles. The lowest BCUT2D eigenvalue weighted by atomic mass is 10.0. The van der Waals surface area contributed by atoms with Gasteiger partial charge in [0, 0.05) is 18.3 Å². The van der Waals surface area contributed by atoms with E-state index in [0.29, 0.717) is 6.08 Å². The van der Waals surface area contributed by atoms with Gasteiger partial charge in [0.1, 0.15) is 18.3 Å². The first-order valence-electron chi connectivity index (χ1n) is 6.21. The van der Waals surface area contributed by atoms with E-state index in [-0.39, 0.29) is 0 Å². The van der Waals surface area contributed by atoms with Gasteiger partial charge >= 0.3 is 11.7 Å². The number of aliphatic hydroxyl groups is 3. The summed E-state index contributed by atoms with van der Waals surface area (Å²) in [5.74, 6) is -1.38. The zero-order valence-electron chi connectivity index (χ0n) is 11.1. The molecule has 5 N–H and O–H groups in total. The number of hydrogen-bond donors (Lipinski definition) is 5. The third kappa shape index (κ3) is 2.60. The van der Waals surface area contributed by atoms with Crippen molar-refractivity contribution in [3.8, 4) is 0 Å². The lowest BCUT2D eigenvalue weighted by Crippen LogP contribution is -2.50. The summed E-state index contributed by atoms with van der Waals surface area (Å²) >= 11 is 0. The molecular weight excluding hydrogens is 300 g/mol. The van der Waals surface area contributed by atoms with Crippen molar-refractivity contribution in [2.45, 2.75) is 24.0 Å². The Morgan fingerprint density at radius 2 is 2.14 bits per heavy atom. The van der Waals surface area contributed by atoms with E-state index >= 15 is 0 Å². The highest BCUT2D eigenvalue weighted by molar-refractivity contribution is 5.79. The van der Waals surface area contributed by atoms with Crippen LogP contribution in [0.4, 0.5) is 0 Å². The topological polar surface area (TPSA) is 162 Å². The summed E-state index contributed by atoms with van der Waals surface area (Å²) in [5, 5.41) is 37.9. The summed E-state index contributed by atoms with van der Waals surface area (Å²) in [6.07, 6.45) is -2.09. The van der Waals surface area contributed by atoms with Gasteiger partial charge in [-0.25, -0.2) is 9.59 Å². The van der Waals surface area contributed by atoms with Gasteiger partial charge in [0.15, 0.2) is 5.72 Å². The molecule has 0 aromatic carbocycles. The van der Waals surface area contributed by atoms with E-state index in [2.05, 4.69) is 0 Å². The minimum Gasteiger partial charge on any atom is -0.478 e. The monoisotopic (exact) mass is 314 g/mol. The van der Waals surface area contributed by atoms with Crippen molar-refractivity contribution in [3.63, 3.8) is 0 Å². The molecule has 10 nitrogen and oxygen atoms in total. The Kier molecular flexibility index (Phi) is 4.28. The standard InChI is InChI=1S/C12H14N2O8/c15-5-6-9(19)10(20)12(22-6,3-1-8(17)18)14-4-2-7(16)13-11(14)21/h1-4,6,9-10,15,19-20H,5H2,(H,17,18)(H,13,16,21)/t6-,9-,10-,12-/m1/s1. The maximum Gasteiger partial charge on any atom is 0.331 e. The molecule has 1 aromatic rings. The molecule has 4 atom stereocenters. The molecular formula is C12H14N2O8. The largest absolute Gasteiger partial charge is 0.478 e. The molecule has 0 unspecified atom stereocenters. The molecule has 0 spiro atoms. The van der Waals surface area contributed by atoms with E-state index < -0.39 is 47.9 Å². The molecule has 120 valence electrons. The molecule has 10 heteroatoms. The Bertz CT molecular complexity index is 708. The van der Waals surface area contributed by atoms with Crippen molar-refractivity contribution in [3.05, 3.63) is 45.3 Å². The number of ether oxygens (including phenoxy) is 1. The van der Waals surface area contributed by atoms with Crippen LogP contribution in [0.1, 0.15) is 0 Å². The number of carboxylic acids is 1. The first-order valence-corrected chi connectivity index (χ1v) is 6.21. The summed E-state index contributed by atoms with van der Waals surface area (Å²) in [5.41, 5.74) is -3.76. The molecule has 2 heterocycles. The number of aromatic nitrogens is 2. The zero-order chi connectivity index (χ0) is 16.5. The Morgan fingerprint density at radius 3 is 2.64 bits per heavy atom. The Morgan fingerprint density at radius 1 is 1.45 bits per heavy atom. The van der Waals surface area contributed by atoms with Crippen LogP contribution in [0.25, 0.3) is 0 Å². The Balaban J connectivity index is 2.64. The third-order valence-corrected chi connectivity index (χ3v) is 3.31. The molecule has 0 aliphatic carbocycles. The lowest BCUT2D eigenvalue weighted by Gasteiger charge is -2.30. The van der Waals surface area contributed by atoms with E-state index in [1.54, 1.807) is 0 Å². The van der Waals surface area contributed by atoms with Gasteiger partial charge in [0.2, 0.25) is 0 Å². The van der Waals surface area contributed by atoms with Gasteiger partial charge in [-0.1, -0.05) is 0 Å². The van der Waals surface area contributed by atoms with Crippen molar-refractivity contribution >= 4 is 5.97 Å². The number of nitrogens with one attached hydrogen (secondary N) is 1. The maximum absolute atomic E-state index is 11.9. The van der Waals surface area contributed by atoms with Crippen LogP contribution in [0.15, 0.2) is 34.0 Å². The lowest BCUT2D eigenvalue weighted by molar-refractivity contribution is -0.132. The second-order valence-electron chi connectivity index (χ2n) is 4.68. The van der Waals surface area contributed by atoms with E-state index in [0.717, 1.165) is 22.9 Å². The van der Waals surface area contributed by atoms with E-state index in [1.807, 2.05) is 4.98 Å². The maximum atomic E-state index is 11.9. The number of carboxylic acid groups (broad SMARTS) is 1. The Labute approximate surface area is 122 Å². The minimum absolute atomic E-state index is 0.618. The number of aromatic amines is 1. The zero-order valence-corrected chi connectivity index (χ0v) is 11.1. The van der Waals surface area contributed by atoms with Crippen LogP contribution >= 0.6 is 0 Å². The van der Waals surface area contributed by atoms with Crippen molar-refractivity contribution in [1.82, 2.24) is 9.55 Å². The molecule has 0 bridgehead atoms. The fourth-order valence-corrected chi connectivity index (χ4v) is 2.28. The quantitative estimate of drug-likeness (QED) is 0.366. The highest BCUT2D eigenvalue weighted by Crippen LogP contribution is 2.35. The van der Waals surface area contributed by atoms with Gasteiger partial charge in [-0.15, -0.1) is 0 Å². The number of rotatable bonds is 4. The number of hydrogen-bond acceptors (Lipinski definition) is 7. The van der Waals surface area contributed by atoms with Gasteiger partial charge in [-0.3, -0.25) is 14.3 Å². The molecule has 1 fully saturated rings. The van der Waals surface area contributed by atoms with Gasteiger partial charge in [-0.05, 0) is 6.08 Å². The van der Waals surface area contributed by atoms with Crippen LogP contribution in [0.3, 0.4) is 0 Å². The van der Waals surface area contributed by atoms with Gasteiger partial charge in [0.25, 0.3) is 5.56 Å². The van der Waals surface area contributed by atoms with Crippen molar-refractivity contribution < 1.29 is 30.0 Å². The SMILES string of the molecule is O=C(O)C=C[C@@]1(n2ccc(=O)[nH]c2=O)O[C@H](CO)[C@@H](O)[C@H]1O. The fourth-order valence-electron chi connectivity index (χ4n) is 2.28. The normalized spacial score (nSPS) is 31.7. The summed E-state index contributed by atoms with van der Waals surface area (Å²) < 4.78 is 6.05. The van der Waals surface area contributed by atoms with Crippen molar-refractivity contribution in [2.24, 2.45) is 0 Å². The molecule has 1 aromatic heterocycles. The van der Waals surface area contributed by atoms with Gasteiger partial charge in [-0.2, -0.15) is 0 Å². The summed E-state index contributed by atoms with van der Waals surface area (Å²) in [7, 11) is 0. The first kappa shape index (κ1) is 16.1. The molecule has 0 amide bonds. The van der Waals surface area contributed by atoms with Gasteiger partial charge in [0.05, 0.1) is 6.61 Å². The smallest absolute Gasteiger partial charge is 0.331 e. The van der Waals surface area contributed by atoms with Gasteiger partial charge < -0.3 is 25.2 Å². The average molecular weight is 314 g/mol. The van der Waals surface area contributed by atoms with Crippen LogP contribution in [0.2, 0.25) is 0 Å². The Hall–Kier alpha value is -2.27. The van der Waals surface area contributed by atoms with Crippen LogP contribution in [-0.2, 0) is 15.3 Å². The van der Waals surface area contributed by atoms with Crippen LogP contribution in [0, 0.1) is 0 Å². The summed E-state index contributed by atoms with van der Waals surface area (Å²) in [6.45, 7) is -0.668. The fraction of sp³-hybridized carbons (Fsp3) is 0.417. The second-order valence-corrected chi connectivity index (χ2v) is 4.68. The number of aliphatic hydroxyl groups excluding tert-OH is 3. The summed E-state index contributed by atoms with van der Waals surface area (Å²) in [4.78, 5) is 35.7. The van der Waals surface area contributed by atoms with E-state index in [4.69, 9.17) is 14.9 Å². The van der Waals surface area contributed by atoms with Crippen LogP contribution in [-0.4, -0.2) is 60.9 Å². The highest BCUT2D eigenvalue weighted by Gasteiger charge is 2.54. The van der Waals surface area contributed by atoms with Crippen molar-refractivity contribution in [1.29, 1.82) is 0 Å². The van der Waals surface area contributed by atoms with E-state index in [9.17, 15) is 24.6 Å². The molecule has 0 radical (unpaired) electrons. The average Bonchev–Trinajstić information content (AvgIpc) is 2.70. The number of nitrogens with zero attached hydrogens (tertiary/aromatic N) is 1. The molecule has 1 saturated heterocycles. The van der Waals surface area contributed by atoms with E-state index in [1.165, 1.54) is 0 Å². The summed E-state index contributed by atoms with van der Waals surface area (Å²) in [6, 6.07) is 0.965. The van der Waals surface area contributed by atoms with Crippen LogP contribution < -0.4 is 11.2 Å².